The van der Waals surface area contributed by atoms with Crippen molar-refractivity contribution in [2.75, 3.05) is 39.4 Å². The summed E-state index contributed by atoms with van der Waals surface area (Å²) < 4.78 is 5.46. The molecule has 0 aromatic carbocycles. The zero-order chi connectivity index (χ0) is 12.2. The molecule has 1 aliphatic rings. The van der Waals surface area contributed by atoms with E-state index in [2.05, 4.69) is 11.8 Å². The van der Waals surface area contributed by atoms with Crippen molar-refractivity contribution in [1.29, 1.82) is 0 Å². The molecule has 96 valence electrons. The van der Waals surface area contributed by atoms with Crippen molar-refractivity contribution < 1.29 is 9.84 Å². The Labute approximate surface area is 98.8 Å². The van der Waals surface area contributed by atoms with Gasteiger partial charge in [0, 0.05) is 31.7 Å². The molecule has 0 aromatic rings. The molecule has 0 aromatic heterocycles. The number of nitrogens with two attached hydrogens (primary N) is 1. The summed E-state index contributed by atoms with van der Waals surface area (Å²) >= 11 is 0. The molecule has 1 unspecified atom stereocenters. The van der Waals surface area contributed by atoms with Gasteiger partial charge in [0.1, 0.15) is 0 Å². The summed E-state index contributed by atoms with van der Waals surface area (Å²) in [5, 5.41) is 9.85. The number of hydrogen-bond donors (Lipinski definition) is 2. The highest BCUT2D eigenvalue weighted by Gasteiger charge is 2.35. The van der Waals surface area contributed by atoms with Crippen LogP contribution < -0.4 is 5.73 Å². The second-order valence-corrected chi connectivity index (χ2v) is 5.62. The zero-order valence-electron chi connectivity index (χ0n) is 10.8. The van der Waals surface area contributed by atoms with E-state index in [1.807, 2.05) is 13.8 Å². The van der Waals surface area contributed by atoms with Gasteiger partial charge in [0.2, 0.25) is 0 Å². The van der Waals surface area contributed by atoms with Gasteiger partial charge in [-0.05, 0) is 26.8 Å². The lowest BCUT2D eigenvalue weighted by Crippen LogP contribution is -2.47. The maximum absolute atomic E-state index is 9.85. The van der Waals surface area contributed by atoms with Gasteiger partial charge in [0.25, 0.3) is 0 Å². The van der Waals surface area contributed by atoms with E-state index in [1.165, 1.54) is 0 Å². The molecular formula is C12H26N2O2. The van der Waals surface area contributed by atoms with Crippen LogP contribution in [0.1, 0.15) is 27.2 Å². The Bertz CT molecular complexity index is 208. The third-order valence-corrected chi connectivity index (χ3v) is 3.23. The second kappa shape index (κ2) is 5.45. The molecular weight excluding hydrogens is 204 g/mol. The summed E-state index contributed by atoms with van der Waals surface area (Å²) in [5.41, 5.74) is 5.32. The Morgan fingerprint density at radius 2 is 2.19 bits per heavy atom. The monoisotopic (exact) mass is 230 g/mol. The van der Waals surface area contributed by atoms with Gasteiger partial charge in [0.05, 0.1) is 12.2 Å². The first-order valence-electron chi connectivity index (χ1n) is 6.13. The summed E-state index contributed by atoms with van der Waals surface area (Å²) in [5.74, 6) is 0. The molecule has 16 heavy (non-hydrogen) atoms. The highest BCUT2D eigenvalue weighted by molar-refractivity contribution is 4.88. The first kappa shape index (κ1) is 13.9. The van der Waals surface area contributed by atoms with Crippen LogP contribution in [0.15, 0.2) is 0 Å². The predicted molar refractivity (Wildman–Crippen MR) is 65.3 cm³/mol. The van der Waals surface area contributed by atoms with Gasteiger partial charge < -0.3 is 20.5 Å². The lowest BCUT2D eigenvalue weighted by Gasteiger charge is -2.35. The lowest BCUT2D eigenvalue weighted by molar-refractivity contribution is 0.0205. The quantitative estimate of drug-likeness (QED) is 0.695. The van der Waals surface area contributed by atoms with E-state index in [0.29, 0.717) is 13.1 Å². The number of nitrogens with zero attached hydrogens (tertiary/aromatic N) is 1. The summed E-state index contributed by atoms with van der Waals surface area (Å²) in [4.78, 5) is 2.27. The minimum atomic E-state index is -0.648. The molecule has 0 bridgehead atoms. The van der Waals surface area contributed by atoms with Crippen LogP contribution in [0, 0.1) is 5.41 Å². The third kappa shape index (κ3) is 4.01. The number of hydrogen-bond acceptors (Lipinski definition) is 4. The first-order chi connectivity index (χ1) is 7.41. The highest BCUT2D eigenvalue weighted by Crippen LogP contribution is 2.28. The van der Waals surface area contributed by atoms with Crippen molar-refractivity contribution in [2.45, 2.75) is 32.8 Å². The maximum atomic E-state index is 9.85. The van der Waals surface area contributed by atoms with Gasteiger partial charge >= 0.3 is 0 Å². The molecule has 1 heterocycles. The fourth-order valence-corrected chi connectivity index (χ4v) is 2.30. The van der Waals surface area contributed by atoms with Gasteiger partial charge in [-0.3, -0.25) is 0 Å². The standard InChI is InChI=1S/C12H26N2O2/c1-4-14(8-11(2,3)15)9-12(7-13)5-6-16-10-12/h15H,4-10,13H2,1-3H3. The summed E-state index contributed by atoms with van der Waals surface area (Å²) in [6.07, 6.45) is 1.03. The minimum absolute atomic E-state index is 0.0985. The molecule has 4 nitrogen and oxygen atoms in total. The topological polar surface area (TPSA) is 58.7 Å². The Morgan fingerprint density at radius 3 is 2.56 bits per heavy atom. The van der Waals surface area contributed by atoms with Crippen molar-refractivity contribution in [1.82, 2.24) is 4.90 Å². The van der Waals surface area contributed by atoms with Gasteiger partial charge in [-0.2, -0.15) is 0 Å². The second-order valence-electron chi connectivity index (χ2n) is 5.62. The lowest BCUT2D eigenvalue weighted by atomic mass is 9.86. The van der Waals surface area contributed by atoms with Crippen molar-refractivity contribution in [3.05, 3.63) is 0 Å². The third-order valence-electron chi connectivity index (χ3n) is 3.23. The first-order valence-corrected chi connectivity index (χ1v) is 6.13. The van der Waals surface area contributed by atoms with Crippen LogP contribution in [0.3, 0.4) is 0 Å². The molecule has 0 spiro atoms. The van der Waals surface area contributed by atoms with Crippen LogP contribution >= 0.6 is 0 Å². The molecule has 4 heteroatoms. The molecule has 1 atom stereocenters. The van der Waals surface area contributed by atoms with E-state index in [-0.39, 0.29) is 5.41 Å². The number of aliphatic hydroxyl groups is 1. The predicted octanol–water partition coefficient (Wildman–Crippen LogP) is 0.445. The van der Waals surface area contributed by atoms with Crippen LogP contribution in [0.5, 0.6) is 0 Å². The Balaban J connectivity index is 2.54. The number of rotatable bonds is 6. The molecule has 1 aliphatic heterocycles. The molecule has 0 saturated carbocycles. The van der Waals surface area contributed by atoms with Crippen LogP contribution in [-0.4, -0.2) is 55.0 Å². The van der Waals surface area contributed by atoms with Gasteiger partial charge in [0.15, 0.2) is 0 Å². The smallest absolute Gasteiger partial charge is 0.0718 e. The fraction of sp³-hybridized carbons (Fsp3) is 1.00. The molecule has 0 radical (unpaired) electrons. The summed E-state index contributed by atoms with van der Waals surface area (Å²) in [7, 11) is 0. The van der Waals surface area contributed by atoms with Crippen LogP contribution in [0.2, 0.25) is 0 Å². The van der Waals surface area contributed by atoms with E-state index < -0.39 is 5.60 Å². The van der Waals surface area contributed by atoms with E-state index in [0.717, 1.165) is 32.7 Å². The highest BCUT2D eigenvalue weighted by atomic mass is 16.5. The molecule has 1 saturated heterocycles. The molecule has 1 rings (SSSR count). The van der Waals surface area contributed by atoms with E-state index in [1.54, 1.807) is 0 Å². The van der Waals surface area contributed by atoms with Crippen molar-refractivity contribution in [2.24, 2.45) is 11.1 Å². The van der Waals surface area contributed by atoms with E-state index in [9.17, 15) is 5.11 Å². The van der Waals surface area contributed by atoms with Crippen molar-refractivity contribution in [3.63, 3.8) is 0 Å². The summed E-state index contributed by atoms with van der Waals surface area (Å²) in [6.45, 7) is 10.6. The molecule has 0 amide bonds. The largest absolute Gasteiger partial charge is 0.389 e. The molecule has 3 N–H and O–H groups in total. The Morgan fingerprint density at radius 1 is 1.50 bits per heavy atom. The average molecular weight is 230 g/mol. The zero-order valence-corrected chi connectivity index (χ0v) is 10.8. The van der Waals surface area contributed by atoms with E-state index in [4.69, 9.17) is 10.5 Å². The molecule has 1 fully saturated rings. The molecule has 0 aliphatic carbocycles. The van der Waals surface area contributed by atoms with Gasteiger partial charge in [-0.25, -0.2) is 0 Å². The SMILES string of the molecule is CCN(CC(C)(C)O)CC1(CN)CCOC1. The van der Waals surface area contributed by atoms with Crippen LogP contribution in [0.25, 0.3) is 0 Å². The fourth-order valence-electron chi connectivity index (χ4n) is 2.30. The van der Waals surface area contributed by atoms with Crippen LogP contribution in [-0.2, 0) is 4.74 Å². The summed E-state index contributed by atoms with van der Waals surface area (Å²) in [6, 6.07) is 0. The Hall–Kier alpha value is -0.160. The van der Waals surface area contributed by atoms with Crippen LogP contribution in [0.4, 0.5) is 0 Å². The minimum Gasteiger partial charge on any atom is -0.389 e. The van der Waals surface area contributed by atoms with Crippen molar-refractivity contribution in [3.8, 4) is 0 Å². The van der Waals surface area contributed by atoms with Gasteiger partial charge in [-0.1, -0.05) is 6.92 Å². The maximum Gasteiger partial charge on any atom is 0.0718 e. The Kier molecular flexibility index (Phi) is 4.73. The van der Waals surface area contributed by atoms with E-state index >= 15 is 0 Å². The average Bonchev–Trinajstić information content (AvgIpc) is 2.64. The number of ether oxygens (including phenoxy) is 1. The van der Waals surface area contributed by atoms with Crippen molar-refractivity contribution >= 4 is 0 Å². The normalized spacial score (nSPS) is 26.6. The van der Waals surface area contributed by atoms with Gasteiger partial charge in [-0.15, -0.1) is 0 Å². The number of likely N-dealkylation sites (N-methyl/N-ethyl adjacent to an activating group) is 1.